The lowest BCUT2D eigenvalue weighted by atomic mass is 10.1. The van der Waals surface area contributed by atoms with Gasteiger partial charge in [-0.15, -0.1) is 0 Å². The van der Waals surface area contributed by atoms with Crippen LogP contribution in [0.2, 0.25) is 0 Å². The summed E-state index contributed by atoms with van der Waals surface area (Å²) in [5, 5.41) is 9.22. The second kappa shape index (κ2) is 6.41. The molecule has 0 bridgehead atoms. The van der Waals surface area contributed by atoms with Crippen molar-refractivity contribution in [3.8, 4) is 17.1 Å². The summed E-state index contributed by atoms with van der Waals surface area (Å²) in [6.07, 6.45) is 3.80. The molecule has 3 rings (SSSR count). The Morgan fingerprint density at radius 1 is 1.18 bits per heavy atom. The molecule has 0 fully saturated rings. The van der Waals surface area contributed by atoms with Crippen LogP contribution in [0.3, 0.4) is 0 Å². The molecule has 2 heterocycles. The van der Waals surface area contributed by atoms with Gasteiger partial charge in [0.1, 0.15) is 22.5 Å². The molecule has 1 aromatic carbocycles. The van der Waals surface area contributed by atoms with Gasteiger partial charge in [0.15, 0.2) is 5.43 Å². The van der Waals surface area contributed by atoms with E-state index < -0.39 is 0 Å². The molecule has 0 radical (unpaired) electrons. The standard InChI is InChI=1S/C17H15NO4/c19-9-2-10-21-14-3-1-4-15-17(14)13(20)11-16(22-15)12-5-7-18-8-6-12/h1,3-8,11,19H,2,9-10H2. The molecule has 5 heteroatoms. The van der Waals surface area contributed by atoms with Crippen molar-refractivity contribution >= 4 is 11.0 Å². The van der Waals surface area contributed by atoms with Crippen LogP contribution >= 0.6 is 0 Å². The molecule has 0 unspecified atom stereocenters. The summed E-state index contributed by atoms with van der Waals surface area (Å²) in [5.74, 6) is 0.966. The van der Waals surface area contributed by atoms with Crippen molar-refractivity contribution < 1.29 is 14.3 Å². The van der Waals surface area contributed by atoms with E-state index in [-0.39, 0.29) is 12.0 Å². The molecule has 0 aliphatic rings. The normalized spacial score (nSPS) is 10.8. The van der Waals surface area contributed by atoms with Gasteiger partial charge in [0.2, 0.25) is 0 Å². The van der Waals surface area contributed by atoms with Gasteiger partial charge in [0.05, 0.1) is 6.61 Å². The molecule has 0 spiro atoms. The first-order valence-electron chi connectivity index (χ1n) is 7.00. The third-order valence-corrected chi connectivity index (χ3v) is 3.24. The topological polar surface area (TPSA) is 72.6 Å². The van der Waals surface area contributed by atoms with E-state index in [0.29, 0.717) is 35.5 Å². The fourth-order valence-electron chi connectivity index (χ4n) is 2.20. The van der Waals surface area contributed by atoms with E-state index in [9.17, 15) is 4.79 Å². The number of nitrogens with zero attached hydrogens (tertiary/aromatic N) is 1. The molecule has 22 heavy (non-hydrogen) atoms. The number of hydrogen-bond donors (Lipinski definition) is 1. The smallest absolute Gasteiger partial charge is 0.197 e. The lowest BCUT2D eigenvalue weighted by Gasteiger charge is -2.09. The highest BCUT2D eigenvalue weighted by Gasteiger charge is 2.11. The molecular formula is C17H15NO4. The first-order chi connectivity index (χ1) is 10.8. The molecule has 1 N–H and O–H groups in total. The van der Waals surface area contributed by atoms with Crippen LogP contribution in [0.5, 0.6) is 5.75 Å². The van der Waals surface area contributed by atoms with Gasteiger partial charge >= 0.3 is 0 Å². The monoisotopic (exact) mass is 297 g/mol. The van der Waals surface area contributed by atoms with Gasteiger partial charge in [-0.25, -0.2) is 0 Å². The van der Waals surface area contributed by atoms with Gasteiger partial charge in [0.25, 0.3) is 0 Å². The van der Waals surface area contributed by atoms with E-state index in [0.717, 1.165) is 5.56 Å². The Hall–Kier alpha value is -2.66. The number of aromatic nitrogens is 1. The van der Waals surface area contributed by atoms with Crippen LogP contribution in [0.1, 0.15) is 6.42 Å². The minimum absolute atomic E-state index is 0.0472. The molecular weight excluding hydrogens is 282 g/mol. The molecule has 0 amide bonds. The Balaban J connectivity index is 2.07. The first kappa shape index (κ1) is 14.3. The average Bonchev–Trinajstić information content (AvgIpc) is 2.55. The van der Waals surface area contributed by atoms with Crippen LogP contribution in [0.25, 0.3) is 22.3 Å². The van der Waals surface area contributed by atoms with Crippen molar-refractivity contribution in [2.75, 3.05) is 13.2 Å². The summed E-state index contributed by atoms with van der Waals surface area (Å²) in [6, 6.07) is 10.3. The van der Waals surface area contributed by atoms with Crippen LogP contribution in [0.15, 0.2) is 58.0 Å². The number of hydrogen-bond acceptors (Lipinski definition) is 5. The molecule has 0 saturated carbocycles. The molecule has 0 saturated heterocycles. The van der Waals surface area contributed by atoms with Crippen LogP contribution in [-0.4, -0.2) is 23.3 Å². The van der Waals surface area contributed by atoms with E-state index in [1.165, 1.54) is 6.07 Å². The van der Waals surface area contributed by atoms with Crippen molar-refractivity contribution in [1.82, 2.24) is 4.98 Å². The van der Waals surface area contributed by atoms with Crippen LogP contribution in [0, 0.1) is 0 Å². The fourth-order valence-corrected chi connectivity index (χ4v) is 2.20. The summed E-state index contributed by atoms with van der Waals surface area (Å²) in [6.45, 7) is 0.396. The highest BCUT2D eigenvalue weighted by Crippen LogP contribution is 2.27. The number of rotatable bonds is 5. The minimum atomic E-state index is -0.160. The summed E-state index contributed by atoms with van der Waals surface area (Å²) in [4.78, 5) is 16.4. The summed E-state index contributed by atoms with van der Waals surface area (Å²) in [7, 11) is 0. The van der Waals surface area contributed by atoms with Gasteiger partial charge in [-0.3, -0.25) is 9.78 Å². The van der Waals surface area contributed by atoms with E-state index in [1.807, 2.05) is 0 Å². The Morgan fingerprint density at radius 2 is 2.00 bits per heavy atom. The van der Waals surface area contributed by atoms with Crippen molar-refractivity contribution in [2.24, 2.45) is 0 Å². The summed E-state index contributed by atoms with van der Waals surface area (Å²) in [5.41, 5.74) is 1.11. The largest absolute Gasteiger partial charge is 0.493 e. The Labute approximate surface area is 126 Å². The van der Waals surface area contributed by atoms with Gasteiger partial charge in [-0.05, 0) is 24.3 Å². The number of ether oxygens (including phenoxy) is 1. The zero-order valence-corrected chi connectivity index (χ0v) is 11.9. The summed E-state index contributed by atoms with van der Waals surface area (Å²) < 4.78 is 11.4. The van der Waals surface area contributed by atoms with Gasteiger partial charge in [0, 0.05) is 37.1 Å². The second-order valence-corrected chi connectivity index (χ2v) is 4.77. The molecule has 112 valence electrons. The molecule has 2 aromatic heterocycles. The highest BCUT2D eigenvalue weighted by atomic mass is 16.5. The Morgan fingerprint density at radius 3 is 2.77 bits per heavy atom. The third kappa shape index (κ3) is 2.84. The van der Waals surface area contributed by atoms with Crippen molar-refractivity contribution in [2.45, 2.75) is 6.42 Å². The highest BCUT2D eigenvalue weighted by molar-refractivity contribution is 5.84. The van der Waals surface area contributed by atoms with Crippen LogP contribution < -0.4 is 10.2 Å². The van der Waals surface area contributed by atoms with Crippen molar-refractivity contribution in [3.63, 3.8) is 0 Å². The molecule has 3 aromatic rings. The van der Waals surface area contributed by atoms with Gasteiger partial charge in [-0.2, -0.15) is 0 Å². The Kier molecular flexibility index (Phi) is 4.16. The molecule has 0 aliphatic heterocycles. The number of aliphatic hydroxyl groups excluding tert-OH is 1. The second-order valence-electron chi connectivity index (χ2n) is 4.77. The maximum atomic E-state index is 12.4. The number of fused-ring (bicyclic) bond motifs is 1. The molecule has 5 nitrogen and oxygen atoms in total. The SMILES string of the molecule is O=c1cc(-c2ccncc2)oc2cccc(OCCCO)c12. The maximum absolute atomic E-state index is 12.4. The van der Waals surface area contributed by atoms with Crippen LogP contribution in [0.4, 0.5) is 0 Å². The van der Waals surface area contributed by atoms with E-state index in [1.54, 1.807) is 42.7 Å². The fraction of sp³-hybridized carbons (Fsp3) is 0.176. The van der Waals surface area contributed by atoms with E-state index in [2.05, 4.69) is 4.98 Å². The molecule has 0 atom stereocenters. The number of pyridine rings is 1. The zero-order chi connectivity index (χ0) is 15.4. The quantitative estimate of drug-likeness (QED) is 0.733. The summed E-state index contributed by atoms with van der Waals surface area (Å²) >= 11 is 0. The predicted molar refractivity (Wildman–Crippen MR) is 82.9 cm³/mol. The van der Waals surface area contributed by atoms with E-state index in [4.69, 9.17) is 14.3 Å². The predicted octanol–water partition coefficient (Wildman–Crippen LogP) is 2.62. The third-order valence-electron chi connectivity index (χ3n) is 3.24. The van der Waals surface area contributed by atoms with Crippen molar-refractivity contribution in [1.29, 1.82) is 0 Å². The maximum Gasteiger partial charge on any atom is 0.197 e. The van der Waals surface area contributed by atoms with Crippen molar-refractivity contribution in [3.05, 3.63) is 59.0 Å². The van der Waals surface area contributed by atoms with E-state index >= 15 is 0 Å². The van der Waals surface area contributed by atoms with Crippen LogP contribution in [-0.2, 0) is 0 Å². The minimum Gasteiger partial charge on any atom is -0.493 e. The lowest BCUT2D eigenvalue weighted by Crippen LogP contribution is -2.06. The number of aliphatic hydroxyl groups is 1. The average molecular weight is 297 g/mol. The van der Waals surface area contributed by atoms with Gasteiger partial charge < -0.3 is 14.3 Å². The van der Waals surface area contributed by atoms with Gasteiger partial charge in [-0.1, -0.05) is 6.07 Å². The number of benzene rings is 1. The Bertz CT molecular complexity index is 827. The molecule has 0 aliphatic carbocycles. The zero-order valence-electron chi connectivity index (χ0n) is 11.9. The lowest BCUT2D eigenvalue weighted by molar-refractivity contribution is 0.235. The first-order valence-corrected chi connectivity index (χ1v) is 7.00.